The van der Waals surface area contributed by atoms with Crippen molar-refractivity contribution in [1.82, 2.24) is 10.2 Å². The molecule has 3 heteroatoms. The molecule has 1 N–H and O–H groups in total. The molecule has 0 aromatic rings. The van der Waals surface area contributed by atoms with Gasteiger partial charge in [0.1, 0.15) is 0 Å². The zero-order chi connectivity index (χ0) is 6.85. The maximum atomic E-state index is 3.18. The largest absolute Gasteiger partial charge is 0.353 e. The molecule has 2 nitrogen and oxygen atoms in total. The van der Waals surface area contributed by atoms with Crippen molar-refractivity contribution in [2.45, 2.75) is 6.92 Å². The average Bonchev–Trinajstić information content (AvgIpc) is 1.59. The number of halogens is 1. The quantitative estimate of drug-likeness (QED) is 0.507. The summed E-state index contributed by atoms with van der Waals surface area (Å²) in [6.45, 7) is 2.04. The molecule has 0 unspecified atom stereocenters. The molecule has 9 heavy (non-hydrogen) atoms. The Hall–Kier alpha value is -0.190. The molecular weight excluding hydrogens is 227 g/mol. The SMILES string of the molecule is CC1=CN(C)C=C(I)N1. The van der Waals surface area contributed by atoms with Gasteiger partial charge >= 0.3 is 0 Å². The third-order valence-electron chi connectivity index (χ3n) is 1.03. The summed E-state index contributed by atoms with van der Waals surface area (Å²) in [6, 6.07) is 0. The van der Waals surface area contributed by atoms with Gasteiger partial charge < -0.3 is 10.2 Å². The molecule has 0 bridgehead atoms. The summed E-state index contributed by atoms with van der Waals surface area (Å²) in [7, 11) is 2.02. The van der Waals surface area contributed by atoms with Gasteiger partial charge in [0.15, 0.2) is 0 Å². The molecule has 0 saturated carbocycles. The Morgan fingerprint density at radius 3 is 2.67 bits per heavy atom. The molecule has 1 aliphatic heterocycles. The van der Waals surface area contributed by atoms with Crippen molar-refractivity contribution in [1.29, 1.82) is 0 Å². The Balaban J connectivity index is 2.69. The van der Waals surface area contributed by atoms with Crippen LogP contribution >= 0.6 is 22.6 Å². The summed E-state index contributed by atoms with van der Waals surface area (Å²) in [5.41, 5.74) is 1.18. The second-order valence-corrected chi connectivity index (χ2v) is 3.24. The Bertz CT molecular complexity index is 154. The summed E-state index contributed by atoms with van der Waals surface area (Å²) < 4.78 is 1.16. The fourth-order valence-electron chi connectivity index (χ4n) is 0.774. The van der Waals surface area contributed by atoms with Crippen molar-refractivity contribution in [2.75, 3.05) is 7.05 Å². The first-order valence-corrected chi connectivity index (χ1v) is 3.81. The highest BCUT2D eigenvalue weighted by Gasteiger charge is 1.99. The van der Waals surface area contributed by atoms with Crippen LogP contribution in [0.5, 0.6) is 0 Å². The van der Waals surface area contributed by atoms with E-state index >= 15 is 0 Å². The van der Waals surface area contributed by atoms with Gasteiger partial charge in [0.05, 0.1) is 3.70 Å². The van der Waals surface area contributed by atoms with E-state index in [9.17, 15) is 0 Å². The van der Waals surface area contributed by atoms with E-state index in [1.165, 1.54) is 5.70 Å². The molecule has 0 radical (unpaired) electrons. The Labute approximate surface area is 68.8 Å². The number of nitrogens with one attached hydrogen (secondary N) is 1. The van der Waals surface area contributed by atoms with Gasteiger partial charge in [0, 0.05) is 25.1 Å². The van der Waals surface area contributed by atoms with E-state index in [-0.39, 0.29) is 0 Å². The zero-order valence-corrected chi connectivity index (χ0v) is 7.64. The molecule has 0 atom stereocenters. The number of allylic oxidation sites excluding steroid dienone is 1. The molecule has 0 spiro atoms. The van der Waals surface area contributed by atoms with Crippen molar-refractivity contribution in [3.63, 3.8) is 0 Å². The number of nitrogens with zero attached hydrogens (tertiary/aromatic N) is 1. The second kappa shape index (κ2) is 2.60. The van der Waals surface area contributed by atoms with Crippen LogP contribution in [0.1, 0.15) is 6.92 Å². The summed E-state index contributed by atoms with van der Waals surface area (Å²) in [6.07, 6.45) is 4.08. The van der Waals surface area contributed by atoms with Gasteiger partial charge in [-0.15, -0.1) is 0 Å². The molecular formula is C6H9IN2. The number of hydrogen-bond acceptors (Lipinski definition) is 2. The molecule has 0 aliphatic carbocycles. The predicted octanol–water partition coefficient (Wildman–Crippen LogP) is 1.62. The molecule has 0 fully saturated rings. The van der Waals surface area contributed by atoms with Crippen LogP contribution in [0.3, 0.4) is 0 Å². The van der Waals surface area contributed by atoms with Crippen LogP contribution in [0.25, 0.3) is 0 Å². The van der Waals surface area contributed by atoms with Crippen LogP contribution in [0.4, 0.5) is 0 Å². The minimum atomic E-state index is 1.16. The van der Waals surface area contributed by atoms with Crippen LogP contribution < -0.4 is 5.32 Å². The van der Waals surface area contributed by atoms with Gasteiger partial charge in [0.25, 0.3) is 0 Å². The molecule has 0 aromatic carbocycles. The zero-order valence-electron chi connectivity index (χ0n) is 5.48. The van der Waals surface area contributed by atoms with Gasteiger partial charge in [-0.2, -0.15) is 0 Å². The highest BCUT2D eigenvalue weighted by molar-refractivity contribution is 14.1. The van der Waals surface area contributed by atoms with Gasteiger partial charge in [0.2, 0.25) is 0 Å². The van der Waals surface area contributed by atoms with Crippen molar-refractivity contribution in [3.8, 4) is 0 Å². The predicted molar refractivity (Wildman–Crippen MR) is 46.8 cm³/mol. The van der Waals surface area contributed by atoms with E-state index in [0.717, 1.165) is 3.70 Å². The van der Waals surface area contributed by atoms with Crippen molar-refractivity contribution < 1.29 is 0 Å². The first kappa shape index (κ1) is 6.92. The fraction of sp³-hybridized carbons (Fsp3) is 0.333. The van der Waals surface area contributed by atoms with Crippen LogP contribution in [0.2, 0.25) is 0 Å². The van der Waals surface area contributed by atoms with E-state index < -0.39 is 0 Å². The Morgan fingerprint density at radius 1 is 1.56 bits per heavy atom. The lowest BCUT2D eigenvalue weighted by Gasteiger charge is -2.17. The van der Waals surface area contributed by atoms with Crippen molar-refractivity contribution in [3.05, 3.63) is 21.8 Å². The van der Waals surface area contributed by atoms with Gasteiger partial charge in [-0.3, -0.25) is 0 Å². The fourth-order valence-corrected chi connectivity index (χ4v) is 1.64. The first-order valence-electron chi connectivity index (χ1n) is 2.73. The molecule has 1 aliphatic rings. The maximum absolute atomic E-state index is 3.18. The molecule has 0 saturated heterocycles. The van der Waals surface area contributed by atoms with Crippen LogP contribution in [0, 0.1) is 0 Å². The van der Waals surface area contributed by atoms with E-state index in [1.807, 2.05) is 31.3 Å². The first-order chi connectivity index (χ1) is 4.18. The van der Waals surface area contributed by atoms with Crippen LogP contribution in [0.15, 0.2) is 21.8 Å². The van der Waals surface area contributed by atoms with E-state index in [4.69, 9.17) is 0 Å². The minimum absolute atomic E-state index is 1.16. The third kappa shape index (κ3) is 1.89. The van der Waals surface area contributed by atoms with Gasteiger partial charge in [-0.25, -0.2) is 0 Å². The minimum Gasteiger partial charge on any atom is -0.353 e. The smallest absolute Gasteiger partial charge is 0.0938 e. The van der Waals surface area contributed by atoms with Crippen LogP contribution in [-0.2, 0) is 0 Å². The third-order valence-corrected chi connectivity index (χ3v) is 1.58. The lowest BCUT2D eigenvalue weighted by molar-refractivity contribution is 0.592. The van der Waals surface area contributed by atoms with Crippen LogP contribution in [-0.4, -0.2) is 11.9 Å². The summed E-state index contributed by atoms with van der Waals surface area (Å²) in [5, 5.41) is 3.18. The monoisotopic (exact) mass is 236 g/mol. The highest BCUT2D eigenvalue weighted by atomic mass is 127. The number of rotatable bonds is 0. The Kier molecular flexibility index (Phi) is 2.00. The maximum Gasteiger partial charge on any atom is 0.0938 e. The van der Waals surface area contributed by atoms with E-state index in [2.05, 4.69) is 27.9 Å². The van der Waals surface area contributed by atoms with Crippen molar-refractivity contribution in [2.24, 2.45) is 0 Å². The summed E-state index contributed by atoms with van der Waals surface area (Å²) in [5.74, 6) is 0. The Morgan fingerprint density at radius 2 is 2.22 bits per heavy atom. The molecule has 1 rings (SSSR count). The summed E-state index contributed by atoms with van der Waals surface area (Å²) >= 11 is 2.25. The van der Waals surface area contributed by atoms with Gasteiger partial charge in [-0.05, 0) is 29.5 Å². The lowest BCUT2D eigenvalue weighted by atomic mass is 10.4. The molecule has 1 heterocycles. The highest BCUT2D eigenvalue weighted by Crippen LogP contribution is 2.10. The lowest BCUT2D eigenvalue weighted by Crippen LogP contribution is -2.18. The second-order valence-electron chi connectivity index (χ2n) is 2.08. The average molecular weight is 236 g/mol. The van der Waals surface area contributed by atoms with E-state index in [1.54, 1.807) is 0 Å². The normalized spacial score (nSPS) is 18.3. The topological polar surface area (TPSA) is 15.3 Å². The van der Waals surface area contributed by atoms with E-state index in [0.29, 0.717) is 0 Å². The standard InChI is InChI=1S/C6H9IN2/c1-5-3-9(2)4-6(7)8-5/h3-4,8H,1-2H3. The number of hydrogen-bond donors (Lipinski definition) is 1. The molecule has 0 aromatic heterocycles. The van der Waals surface area contributed by atoms with Gasteiger partial charge in [-0.1, -0.05) is 0 Å². The molecule has 0 amide bonds. The van der Waals surface area contributed by atoms with Crippen molar-refractivity contribution >= 4 is 22.6 Å². The molecule has 50 valence electrons. The summed E-state index contributed by atoms with van der Waals surface area (Å²) in [4.78, 5) is 2.04.